The zero-order chi connectivity index (χ0) is 17.2. The summed E-state index contributed by atoms with van der Waals surface area (Å²) in [5, 5.41) is 4.08. The van der Waals surface area contributed by atoms with Gasteiger partial charge in [-0.05, 0) is 74.3 Å². The number of fused-ring (bicyclic) bond motifs is 2. The van der Waals surface area contributed by atoms with E-state index in [0.29, 0.717) is 12.0 Å². The van der Waals surface area contributed by atoms with Crippen molar-refractivity contribution in [1.82, 2.24) is 14.8 Å². The van der Waals surface area contributed by atoms with Gasteiger partial charge in [0.25, 0.3) is 0 Å². The van der Waals surface area contributed by atoms with E-state index in [4.69, 9.17) is 0 Å². The lowest BCUT2D eigenvalue weighted by Gasteiger charge is -2.44. The molecule has 2 fully saturated rings. The van der Waals surface area contributed by atoms with Crippen LogP contribution in [0.2, 0.25) is 0 Å². The summed E-state index contributed by atoms with van der Waals surface area (Å²) in [4.78, 5) is 15.0. The minimum atomic E-state index is -0.271. The predicted molar refractivity (Wildman–Crippen MR) is 96.8 cm³/mol. The zero-order valence-electron chi connectivity index (χ0n) is 14.6. The molecule has 0 spiro atoms. The van der Waals surface area contributed by atoms with Crippen molar-refractivity contribution in [3.63, 3.8) is 0 Å². The monoisotopic (exact) mass is 343 g/mol. The molecule has 25 heavy (non-hydrogen) atoms. The lowest BCUT2D eigenvalue weighted by atomic mass is 9.83. The van der Waals surface area contributed by atoms with Crippen LogP contribution in [0.5, 0.6) is 0 Å². The first kappa shape index (κ1) is 16.6. The third-order valence-corrected chi connectivity index (χ3v) is 5.84. The van der Waals surface area contributed by atoms with Gasteiger partial charge in [0.1, 0.15) is 12.4 Å². The Balaban J connectivity index is 1.36. The molecule has 0 aliphatic carbocycles. The summed E-state index contributed by atoms with van der Waals surface area (Å²) in [6, 6.07) is 7.25. The van der Waals surface area contributed by atoms with Crippen LogP contribution in [0.25, 0.3) is 10.9 Å². The van der Waals surface area contributed by atoms with Crippen LogP contribution < -0.4 is 5.32 Å². The second-order valence-corrected chi connectivity index (χ2v) is 7.45. The van der Waals surface area contributed by atoms with E-state index < -0.39 is 0 Å². The quantitative estimate of drug-likeness (QED) is 0.926. The SMILES string of the molecule is O=C(Cn1ccc2ccc(F)cc21)NCC1CCCN2CCCCC12. The van der Waals surface area contributed by atoms with Crippen LogP contribution in [-0.4, -0.2) is 41.1 Å². The molecule has 4 nitrogen and oxygen atoms in total. The number of rotatable bonds is 4. The first-order valence-corrected chi connectivity index (χ1v) is 9.46. The maximum Gasteiger partial charge on any atom is 0.239 e. The van der Waals surface area contributed by atoms with Gasteiger partial charge in [-0.3, -0.25) is 4.79 Å². The number of carbonyl (C=O) groups is 1. The van der Waals surface area contributed by atoms with E-state index in [-0.39, 0.29) is 18.3 Å². The van der Waals surface area contributed by atoms with Gasteiger partial charge in [-0.15, -0.1) is 0 Å². The summed E-state index contributed by atoms with van der Waals surface area (Å²) in [6.45, 7) is 3.44. The van der Waals surface area contributed by atoms with E-state index in [1.807, 2.05) is 16.8 Å². The van der Waals surface area contributed by atoms with Crippen molar-refractivity contribution >= 4 is 16.8 Å². The smallest absolute Gasteiger partial charge is 0.239 e. The minimum absolute atomic E-state index is 0.00898. The number of carbonyl (C=O) groups excluding carboxylic acids is 1. The van der Waals surface area contributed by atoms with E-state index in [1.165, 1.54) is 57.3 Å². The van der Waals surface area contributed by atoms with Crippen LogP contribution in [0.15, 0.2) is 30.5 Å². The first-order valence-electron chi connectivity index (χ1n) is 9.46. The normalized spacial score (nSPS) is 24.2. The molecule has 4 rings (SSSR count). The van der Waals surface area contributed by atoms with Gasteiger partial charge in [-0.25, -0.2) is 4.39 Å². The van der Waals surface area contributed by atoms with Crippen molar-refractivity contribution in [3.8, 4) is 0 Å². The number of piperidine rings is 2. The summed E-state index contributed by atoms with van der Waals surface area (Å²) in [5.74, 6) is 0.305. The predicted octanol–water partition coefficient (Wildman–Crippen LogP) is 3.16. The molecular weight excluding hydrogens is 317 g/mol. The zero-order valence-corrected chi connectivity index (χ0v) is 14.6. The Morgan fingerprint density at radius 2 is 2.04 bits per heavy atom. The van der Waals surface area contributed by atoms with Crippen molar-refractivity contribution < 1.29 is 9.18 Å². The van der Waals surface area contributed by atoms with Crippen molar-refractivity contribution in [2.75, 3.05) is 19.6 Å². The molecule has 2 unspecified atom stereocenters. The molecule has 0 bridgehead atoms. The highest BCUT2D eigenvalue weighted by molar-refractivity contribution is 5.83. The van der Waals surface area contributed by atoms with Crippen molar-refractivity contribution in [3.05, 3.63) is 36.3 Å². The van der Waals surface area contributed by atoms with Crippen LogP contribution in [0.1, 0.15) is 32.1 Å². The molecule has 1 N–H and O–H groups in total. The topological polar surface area (TPSA) is 37.3 Å². The lowest BCUT2D eigenvalue weighted by molar-refractivity contribution is -0.122. The Morgan fingerprint density at radius 3 is 2.96 bits per heavy atom. The number of nitrogens with zero attached hydrogens (tertiary/aromatic N) is 2. The number of benzene rings is 1. The second-order valence-electron chi connectivity index (χ2n) is 7.45. The molecule has 1 aromatic heterocycles. The Kier molecular flexibility index (Phi) is 4.75. The highest BCUT2D eigenvalue weighted by Crippen LogP contribution is 2.30. The molecule has 134 valence electrons. The van der Waals surface area contributed by atoms with Gasteiger partial charge in [-0.1, -0.05) is 6.42 Å². The number of halogens is 1. The molecule has 3 heterocycles. The molecular formula is C20H26FN3O. The fraction of sp³-hybridized carbons (Fsp3) is 0.550. The maximum absolute atomic E-state index is 13.5. The van der Waals surface area contributed by atoms with E-state index in [0.717, 1.165) is 17.4 Å². The molecule has 1 amide bonds. The van der Waals surface area contributed by atoms with Gasteiger partial charge >= 0.3 is 0 Å². The molecule has 2 atom stereocenters. The van der Waals surface area contributed by atoms with Crippen LogP contribution in [0.3, 0.4) is 0 Å². The van der Waals surface area contributed by atoms with Gasteiger partial charge in [0.2, 0.25) is 5.91 Å². The van der Waals surface area contributed by atoms with E-state index in [2.05, 4.69) is 10.2 Å². The van der Waals surface area contributed by atoms with Crippen LogP contribution in [-0.2, 0) is 11.3 Å². The number of aromatic nitrogens is 1. The molecule has 1 aromatic carbocycles. The summed E-state index contributed by atoms with van der Waals surface area (Å²) < 4.78 is 15.3. The highest BCUT2D eigenvalue weighted by Gasteiger charge is 2.32. The van der Waals surface area contributed by atoms with Gasteiger partial charge in [0.05, 0.1) is 5.52 Å². The second kappa shape index (κ2) is 7.16. The van der Waals surface area contributed by atoms with Crippen LogP contribution in [0.4, 0.5) is 4.39 Å². The Bertz CT molecular complexity index is 754. The van der Waals surface area contributed by atoms with Gasteiger partial charge < -0.3 is 14.8 Å². The molecule has 2 saturated heterocycles. The van der Waals surface area contributed by atoms with E-state index in [1.54, 1.807) is 6.07 Å². The number of nitrogens with one attached hydrogen (secondary N) is 1. The molecule has 2 aromatic rings. The van der Waals surface area contributed by atoms with Gasteiger partial charge in [0, 0.05) is 18.8 Å². The number of amides is 1. The van der Waals surface area contributed by atoms with Crippen molar-refractivity contribution in [2.45, 2.75) is 44.7 Å². The maximum atomic E-state index is 13.5. The number of hydrogen-bond donors (Lipinski definition) is 1. The largest absolute Gasteiger partial charge is 0.354 e. The summed E-state index contributed by atoms with van der Waals surface area (Å²) >= 11 is 0. The Hall–Kier alpha value is -1.88. The molecule has 0 saturated carbocycles. The third kappa shape index (κ3) is 3.56. The third-order valence-electron chi connectivity index (χ3n) is 5.84. The average Bonchev–Trinajstić information content (AvgIpc) is 3.02. The van der Waals surface area contributed by atoms with Crippen LogP contribution in [0, 0.1) is 11.7 Å². The van der Waals surface area contributed by atoms with Crippen molar-refractivity contribution in [2.24, 2.45) is 5.92 Å². The number of hydrogen-bond acceptors (Lipinski definition) is 2. The van der Waals surface area contributed by atoms with Gasteiger partial charge in [-0.2, -0.15) is 0 Å². The Morgan fingerprint density at radius 1 is 1.16 bits per heavy atom. The fourth-order valence-electron chi connectivity index (χ4n) is 4.57. The lowest BCUT2D eigenvalue weighted by Crippen LogP contribution is -2.51. The first-order chi connectivity index (χ1) is 12.2. The van der Waals surface area contributed by atoms with Crippen LogP contribution >= 0.6 is 0 Å². The molecule has 5 heteroatoms. The summed E-state index contributed by atoms with van der Waals surface area (Å²) in [5.41, 5.74) is 0.770. The Labute approximate surface area is 148 Å². The molecule has 0 radical (unpaired) electrons. The average molecular weight is 343 g/mol. The standard InChI is InChI=1S/C20H26FN3O/c21-17-7-6-15-8-11-24(19(15)12-17)14-20(25)22-13-16-4-3-10-23-9-2-1-5-18(16)23/h6-8,11-12,16,18H,1-5,9-10,13-14H2,(H,22,25). The minimum Gasteiger partial charge on any atom is -0.354 e. The van der Waals surface area contributed by atoms with Gasteiger partial charge in [0.15, 0.2) is 0 Å². The highest BCUT2D eigenvalue weighted by atomic mass is 19.1. The molecule has 2 aliphatic heterocycles. The van der Waals surface area contributed by atoms with Crippen molar-refractivity contribution in [1.29, 1.82) is 0 Å². The van der Waals surface area contributed by atoms with E-state index >= 15 is 0 Å². The molecule has 2 aliphatic rings. The summed E-state index contributed by atoms with van der Waals surface area (Å²) in [7, 11) is 0. The van der Waals surface area contributed by atoms with E-state index in [9.17, 15) is 9.18 Å². The fourth-order valence-corrected chi connectivity index (χ4v) is 4.57. The summed E-state index contributed by atoms with van der Waals surface area (Å²) in [6.07, 6.45) is 8.19.